The first-order valence-corrected chi connectivity index (χ1v) is 7.75. The van der Waals surface area contributed by atoms with E-state index in [0.717, 1.165) is 44.2 Å². The van der Waals surface area contributed by atoms with Crippen molar-refractivity contribution >= 4 is 5.96 Å². The Kier molecular flexibility index (Phi) is 4.11. The Balaban J connectivity index is 1.57. The summed E-state index contributed by atoms with van der Waals surface area (Å²) < 4.78 is 12.0. The van der Waals surface area contributed by atoms with Gasteiger partial charge in [-0.15, -0.1) is 0 Å². The first-order chi connectivity index (χ1) is 10.5. The van der Waals surface area contributed by atoms with E-state index in [4.69, 9.17) is 20.6 Å². The lowest BCUT2D eigenvalue weighted by Crippen LogP contribution is -2.53. The van der Waals surface area contributed by atoms with Gasteiger partial charge in [0, 0.05) is 32.7 Å². The van der Waals surface area contributed by atoms with E-state index in [-0.39, 0.29) is 12.1 Å². The largest absolute Gasteiger partial charge is 0.486 e. The number of aryl methyl sites for hydroxylation is 2. The Morgan fingerprint density at radius 1 is 1.18 bits per heavy atom. The van der Waals surface area contributed by atoms with E-state index in [1.165, 1.54) is 11.1 Å². The Hall–Kier alpha value is -1.95. The van der Waals surface area contributed by atoms with Gasteiger partial charge in [-0.1, -0.05) is 0 Å². The number of fused-ring (bicyclic) bond motifs is 1. The van der Waals surface area contributed by atoms with E-state index in [9.17, 15) is 0 Å². The van der Waals surface area contributed by atoms with Gasteiger partial charge in [-0.2, -0.15) is 0 Å². The second-order valence-electron chi connectivity index (χ2n) is 6.11. The standard InChI is InChI=1S/C16H24N4O2/c1-11-7-14-15(8-12(11)2)22-13(10-21-14)9-19-3-5-20(6-4-19)16(17)18/h7-8,13H,3-6,9-10H2,1-2H3,(H3,17,18). The van der Waals surface area contributed by atoms with E-state index < -0.39 is 0 Å². The number of ether oxygens (including phenoxy) is 2. The molecular weight excluding hydrogens is 280 g/mol. The summed E-state index contributed by atoms with van der Waals surface area (Å²) in [4.78, 5) is 4.25. The minimum atomic E-state index is 0.0542. The minimum absolute atomic E-state index is 0.0542. The zero-order valence-electron chi connectivity index (χ0n) is 13.3. The molecule has 1 aromatic rings. The molecule has 1 saturated heterocycles. The van der Waals surface area contributed by atoms with Crippen molar-refractivity contribution in [3.63, 3.8) is 0 Å². The van der Waals surface area contributed by atoms with Gasteiger partial charge in [0.25, 0.3) is 0 Å². The van der Waals surface area contributed by atoms with Gasteiger partial charge in [0.05, 0.1) is 0 Å². The summed E-state index contributed by atoms with van der Waals surface area (Å²) in [7, 11) is 0. The van der Waals surface area contributed by atoms with Gasteiger partial charge in [0.2, 0.25) is 0 Å². The molecule has 6 heteroatoms. The monoisotopic (exact) mass is 304 g/mol. The molecule has 2 aliphatic heterocycles. The molecule has 1 unspecified atom stereocenters. The van der Waals surface area contributed by atoms with E-state index >= 15 is 0 Å². The van der Waals surface area contributed by atoms with Gasteiger partial charge < -0.3 is 20.1 Å². The molecule has 3 N–H and O–H groups in total. The van der Waals surface area contributed by atoms with E-state index in [1.807, 2.05) is 11.0 Å². The third kappa shape index (κ3) is 3.11. The summed E-state index contributed by atoms with van der Waals surface area (Å²) in [5.74, 6) is 1.86. The Morgan fingerprint density at radius 2 is 1.82 bits per heavy atom. The second-order valence-corrected chi connectivity index (χ2v) is 6.11. The topological polar surface area (TPSA) is 74.8 Å². The van der Waals surface area contributed by atoms with Crippen LogP contribution < -0.4 is 15.2 Å². The van der Waals surface area contributed by atoms with Crippen LogP contribution in [0.1, 0.15) is 11.1 Å². The predicted octanol–water partition coefficient (Wildman–Crippen LogP) is 0.954. The van der Waals surface area contributed by atoms with Gasteiger partial charge in [0.1, 0.15) is 12.7 Å². The van der Waals surface area contributed by atoms with Crippen LogP contribution in [0.25, 0.3) is 0 Å². The molecular formula is C16H24N4O2. The lowest BCUT2D eigenvalue weighted by atomic mass is 10.1. The molecule has 3 rings (SSSR count). The fraction of sp³-hybridized carbons (Fsp3) is 0.562. The van der Waals surface area contributed by atoms with Gasteiger partial charge in [0.15, 0.2) is 17.5 Å². The summed E-state index contributed by atoms with van der Waals surface area (Å²) in [6.07, 6.45) is 0.0542. The van der Waals surface area contributed by atoms with Crippen LogP contribution in [0.15, 0.2) is 12.1 Å². The molecule has 0 spiro atoms. The maximum atomic E-state index is 7.47. The molecule has 2 heterocycles. The lowest BCUT2D eigenvalue weighted by molar-refractivity contribution is 0.0480. The molecule has 120 valence electrons. The van der Waals surface area contributed by atoms with E-state index in [0.29, 0.717) is 6.61 Å². The lowest BCUT2D eigenvalue weighted by Gasteiger charge is -2.37. The van der Waals surface area contributed by atoms with Crippen molar-refractivity contribution in [3.8, 4) is 11.5 Å². The maximum absolute atomic E-state index is 7.47. The van der Waals surface area contributed by atoms with Crippen molar-refractivity contribution in [1.29, 1.82) is 5.41 Å². The van der Waals surface area contributed by atoms with Gasteiger partial charge in [-0.25, -0.2) is 0 Å². The molecule has 1 atom stereocenters. The van der Waals surface area contributed by atoms with Crippen LogP contribution in [-0.4, -0.2) is 61.2 Å². The average molecular weight is 304 g/mol. The number of hydrogen-bond donors (Lipinski definition) is 2. The number of hydrogen-bond acceptors (Lipinski definition) is 4. The van der Waals surface area contributed by atoms with Crippen LogP contribution in [0.3, 0.4) is 0 Å². The first kappa shape index (κ1) is 15.0. The average Bonchev–Trinajstić information content (AvgIpc) is 2.49. The quantitative estimate of drug-likeness (QED) is 0.629. The molecule has 0 radical (unpaired) electrons. The molecule has 6 nitrogen and oxygen atoms in total. The fourth-order valence-electron chi connectivity index (χ4n) is 2.91. The molecule has 0 amide bonds. The first-order valence-electron chi connectivity index (χ1n) is 7.75. The number of guanidine groups is 1. The zero-order valence-corrected chi connectivity index (χ0v) is 13.3. The van der Waals surface area contributed by atoms with Crippen LogP contribution in [0.4, 0.5) is 0 Å². The number of piperazine rings is 1. The second kappa shape index (κ2) is 6.04. The van der Waals surface area contributed by atoms with Gasteiger partial charge in [-0.3, -0.25) is 10.3 Å². The maximum Gasteiger partial charge on any atom is 0.188 e. The van der Waals surface area contributed by atoms with Crippen molar-refractivity contribution in [1.82, 2.24) is 9.80 Å². The summed E-state index contributed by atoms with van der Waals surface area (Å²) in [5.41, 5.74) is 7.97. The molecule has 0 saturated carbocycles. The van der Waals surface area contributed by atoms with Crippen LogP contribution >= 0.6 is 0 Å². The number of nitrogens with zero attached hydrogens (tertiary/aromatic N) is 2. The highest BCUT2D eigenvalue weighted by Gasteiger charge is 2.26. The Bertz CT molecular complexity index is 568. The van der Waals surface area contributed by atoms with Crippen molar-refractivity contribution < 1.29 is 9.47 Å². The smallest absolute Gasteiger partial charge is 0.188 e. The molecule has 1 fully saturated rings. The third-order valence-electron chi connectivity index (χ3n) is 4.45. The third-order valence-corrected chi connectivity index (χ3v) is 4.45. The fourth-order valence-corrected chi connectivity index (χ4v) is 2.91. The summed E-state index contributed by atoms with van der Waals surface area (Å²) in [6, 6.07) is 4.11. The molecule has 22 heavy (non-hydrogen) atoms. The van der Waals surface area contributed by atoms with Crippen molar-refractivity contribution in [2.75, 3.05) is 39.3 Å². The van der Waals surface area contributed by atoms with Gasteiger partial charge in [-0.05, 0) is 37.1 Å². The molecule has 1 aromatic carbocycles. The SMILES string of the molecule is Cc1cc2c(cc1C)OC(CN1CCN(C(=N)N)CC1)CO2. The zero-order chi connectivity index (χ0) is 15.7. The van der Waals surface area contributed by atoms with Crippen LogP contribution in [0.2, 0.25) is 0 Å². The van der Waals surface area contributed by atoms with E-state index in [1.54, 1.807) is 0 Å². The summed E-state index contributed by atoms with van der Waals surface area (Å²) >= 11 is 0. The summed E-state index contributed by atoms with van der Waals surface area (Å²) in [5, 5.41) is 7.47. The normalized spacial score (nSPS) is 21.7. The molecule has 0 aliphatic carbocycles. The van der Waals surface area contributed by atoms with Crippen LogP contribution in [0, 0.1) is 19.3 Å². The van der Waals surface area contributed by atoms with Crippen molar-refractivity contribution in [2.24, 2.45) is 5.73 Å². The predicted molar refractivity (Wildman–Crippen MR) is 85.8 cm³/mol. The molecule has 0 aromatic heterocycles. The number of nitrogens with one attached hydrogen (secondary N) is 1. The van der Waals surface area contributed by atoms with E-state index in [2.05, 4.69) is 24.8 Å². The van der Waals surface area contributed by atoms with Crippen LogP contribution in [0.5, 0.6) is 11.5 Å². The Labute approximate surface area is 131 Å². The highest BCUT2D eigenvalue weighted by atomic mass is 16.6. The highest BCUT2D eigenvalue weighted by molar-refractivity contribution is 5.74. The number of benzene rings is 1. The van der Waals surface area contributed by atoms with Crippen LogP contribution in [-0.2, 0) is 0 Å². The number of nitrogens with two attached hydrogens (primary N) is 1. The highest BCUT2D eigenvalue weighted by Crippen LogP contribution is 2.34. The number of rotatable bonds is 2. The molecule has 2 aliphatic rings. The van der Waals surface area contributed by atoms with Crippen molar-refractivity contribution in [2.45, 2.75) is 20.0 Å². The minimum Gasteiger partial charge on any atom is -0.486 e. The van der Waals surface area contributed by atoms with Gasteiger partial charge >= 0.3 is 0 Å². The summed E-state index contributed by atoms with van der Waals surface area (Å²) in [6.45, 7) is 9.01. The van der Waals surface area contributed by atoms with Crippen molar-refractivity contribution in [3.05, 3.63) is 23.3 Å². The Morgan fingerprint density at radius 3 is 2.45 bits per heavy atom. The molecule has 0 bridgehead atoms.